The molecule has 0 unspecified atom stereocenters. The number of benzene rings is 2. The summed E-state index contributed by atoms with van der Waals surface area (Å²) in [5, 5.41) is 2.82. The minimum absolute atomic E-state index is 0.216. The highest BCUT2D eigenvalue weighted by Crippen LogP contribution is 2.37. The summed E-state index contributed by atoms with van der Waals surface area (Å²) in [4.78, 5) is 0. The molecule has 1 heteroatoms. The van der Waals surface area contributed by atoms with Crippen LogP contribution in [0.15, 0.2) is 36.4 Å². The molecule has 0 fully saturated rings. The second kappa shape index (κ2) is 4.60. The van der Waals surface area contributed by atoms with Crippen LogP contribution in [0.25, 0.3) is 20.2 Å². The highest BCUT2D eigenvalue weighted by Gasteiger charge is 2.15. The Balaban J connectivity index is 2.26. The van der Waals surface area contributed by atoms with Crippen LogP contribution in [0.5, 0.6) is 0 Å². The SMILES string of the molecule is CC(C)c1ccc2sc3cc(C(C)(C)C)ccc3c2c1. The van der Waals surface area contributed by atoms with Crippen LogP contribution in [0.3, 0.4) is 0 Å². The smallest absolute Gasteiger partial charge is 0.0358 e. The number of rotatable bonds is 1. The third-order valence-corrected chi connectivity index (χ3v) is 5.16. The lowest BCUT2D eigenvalue weighted by Crippen LogP contribution is -2.10. The quantitative estimate of drug-likeness (QED) is 0.479. The lowest BCUT2D eigenvalue weighted by molar-refractivity contribution is 0.591. The third-order valence-electron chi connectivity index (χ3n) is 4.03. The first-order chi connectivity index (χ1) is 9.36. The Bertz CT molecular complexity index is 769. The lowest BCUT2D eigenvalue weighted by Gasteiger charge is -2.18. The molecule has 0 saturated heterocycles. The number of hydrogen-bond acceptors (Lipinski definition) is 1. The van der Waals surface area contributed by atoms with Gasteiger partial charge in [-0.1, -0.05) is 52.8 Å². The molecule has 0 aliphatic carbocycles. The fourth-order valence-corrected chi connectivity index (χ4v) is 3.75. The monoisotopic (exact) mass is 282 g/mol. The van der Waals surface area contributed by atoms with Gasteiger partial charge in [-0.2, -0.15) is 0 Å². The molecular formula is C19H22S. The van der Waals surface area contributed by atoms with Crippen molar-refractivity contribution in [1.29, 1.82) is 0 Å². The molecule has 20 heavy (non-hydrogen) atoms. The highest BCUT2D eigenvalue weighted by atomic mass is 32.1. The Hall–Kier alpha value is -1.34. The van der Waals surface area contributed by atoms with Gasteiger partial charge in [-0.3, -0.25) is 0 Å². The molecule has 0 nitrogen and oxygen atoms in total. The van der Waals surface area contributed by atoms with Crippen molar-refractivity contribution in [1.82, 2.24) is 0 Å². The molecule has 0 radical (unpaired) electrons. The Kier molecular flexibility index (Phi) is 3.13. The molecule has 0 aliphatic rings. The van der Waals surface area contributed by atoms with Crippen LogP contribution in [0, 0.1) is 0 Å². The molecule has 0 spiro atoms. The maximum Gasteiger partial charge on any atom is 0.0358 e. The number of hydrogen-bond donors (Lipinski definition) is 0. The fourth-order valence-electron chi connectivity index (χ4n) is 2.62. The van der Waals surface area contributed by atoms with Crippen LogP contribution in [0.1, 0.15) is 51.7 Å². The second-order valence-corrected chi connectivity index (χ2v) is 8.06. The molecule has 0 amide bonds. The molecule has 0 saturated carbocycles. The first-order valence-corrected chi connectivity index (χ1v) is 8.14. The van der Waals surface area contributed by atoms with E-state index in [1.54, 1.807) is 0 Å². The Labute approximate surface area is 125 Å². The maximum atomic E-state index is 2.37. The minimum Gasteiger partial charge on any atom is -0.135 e. The van der Waals surface area contributed by atoms with Crippen LogP contribution in [0.2, 0.25) is 0 Å². The van der Waals surface area contributed by atoms with Crippen molar-refractivity contribution in [3.63, 3.8) is 0 Å². The van der Waals surface area contributed by atoms with Crippen LogP contribution in [-0.4, -0.2) is 0 Å². The fraction of sp³-hybridized carbons (Fsp3) is 0.368. The van der Waals surface area contributed by atoms with Gasteiger partial charge in [0.2, 0.25) is 0 Å². The highest BCUT2D eigenvalue weighted by molar-refractivity contribution is 7.25. The van der Waals surface area contributed by atoms with E-state index in [0.717, 1.165) is 0 Å². The van der Waals surface area contributed by atoms with E-state index in [1.165, 1.54) is 31.3 Å². The zero-order valence-corrected chi connectivity index (χ0v) is 13.8. The Morgan fingerprint density at radius 1 is 0.850 bits per heavy atom. The number of thiophene rings is 1. The summed E-state index contributed by atoms with van der Waals surface area (Å²) >= 11 is 1.91. The molecule has 3 aromatic rings. The van der Waals surface area contributed by atoms with Gasteiger partial charge < -0.3 is 0 Å². The summed E-state index contributed by atoms with van der Waals surface area (Å²) in [6, 6.07) is 13.9. The third kappa shape index (κ3) is 2.25. The molecule has 0 aliphatic heterocycles. The van der Waals surface area contributed by atoms with Gasteiger partial charge in [0, 0.05) is 20.2 Å². The van der Waals surface area contributed by atoms with Gasteiger partial charge in [0.05, 0.1) is 0 Å². The predicted molar refractivity (Wildman–Crippen MR) is 92.1 cm³/mol. The van der Waals surface area contributed by atoms with Gasteiger partial charge in [0.15, 0.2) is 0 Å². The maximum absolute atomic E-state index is 2.37. The van der Waals surface area contributed by atoms with Gasteiger partial charge in [-0.05, 0) is 40.7 Å². The van der Waals surface area contributed by atoms with Crippen molar-refractivity contribution in [3.8, 4) is 0 Å². The summed E-state index contributed by atoms with van der Waals surface area (Å²) in [6.07, 6.45) is 0. The summed E-state index contributed by atoms with van der Waals surface area (Å²) < 4.78 is 2.81. The zero-order valence-electron chi connectivity index (χ0n) is 12.9. The van der Waals surface area contributed by atoms with Crippen molar-refractivity contribution in [2.45, 2.75) is 46.0 Å². The molecule has 0 bridgehead atoms. The van der Waals surface area contributed by atoms with Crippen molar-refractivity contribution in [2.24, 2.45) is 0 Å². The summed E-state index contributed by atoms with van der Waals surface area (Å²) in [5.74, 6) is 0.586. The van der Waals surface area contributed by atoms with E-state index in [4.69, 9.17) is 0 Å². The normalized spacial score (nSPS) is 12.7. The van der Waals surface area contributed by atoms with E-state index in [-0.39, 0.29) is 5.41 Å². The molecule has 0 atom stereocenters. The van der Waals surface area contributed by atoms with E-state index < -0.39 is 0 Å². The van der Waals surface area contributed by atoms with E-state index >= 15 is 0 Å². The zero-order chi connectivity index (χ0) is 14.5. The van der Waals surface area contributed by atoms with Crippen LogP contribution >= 0.6 is 11.3 Å². The van der Waals surface area contributed by atoms with Crippen molar-refractivity contribution in [3.05, 3.63) is 47.5 Å². The molecule has 2 aromatic carbocycles. The molecular weight excluding hydrogens is 260 g/mol. The molecule has 0 N–H and O–H groups in total. The topological polar surface area (TPSA) is 0 Å². The molecule has 1 heterocycles. The minimum atomic E-state index is 0.216. The van der Waals surface area contributed by atoms with Gasteiger partial charge in [-0.25, -0.2) is 0 Å². The standard InChI is InChI=1S/C19H22S/c1-12(2)13-6-9-17-16(10-13)15-8-7-14(19(3,4)5)11-18(15)20-17/h6-12H,1-5H3. The lowest BCUT2D eigenvalue weighted by atomic mass is 9.87. The van der Waals surface area contributed by atoms with E-state index in [2.05, 4.69) is 71.0 Å². The largest absolute Gasteiger partial charge is 0.135 e. The summed E-state index contributed by atoms with van der Waals surface area (Å²) in [6.45, 7) is 11.3. The second-order valence-electron chi connectivity index (χ2n) is 6.97. The van der Waals surface area contributed by atoms with Gasteiger partial charge in [0.1, 0.15) is 0 Å². The van der Waals surface area contributed by atoms with Gasteiger partial charge in [-0.15, -0.1) is 11.3 Å². The van der Waals surface area contributed by atoms with E-state index in [1.807, 2.05) is 11.3 Å². The molecule has 104 valence electrons. The van der Waals surface area contributed by atoms with E-state index in [0.29, 0.717) is 5.92 Å². The Morgan fingerprint density at radius 3 is 2.25 bits per heavy atom. The summed E-state index contributed by atoms with van der Waals surface area (Å²) in [5.41, 5.74) is 3.06. The first kappa shape index (κ1) is 13.6. The Morgan fingerprint density at radius 2 is 1.60 bits per heavy atom. The van der Waals surface area contributed by atoms with Crippen LogP contribution < -0.4 is 0 Å². The van der Waals surface area contributed by atoms with Gasteiger partial charge in [0.25, 0.3) is 0 Å². The van der Waals surface area contributed by atoms with Crippen molar-refractivity contribution < 1.29 is 0 Å². The average Bonchev–Trinajstić information content (AvgIpc) is 2.74. The van der Waals surface area contributed by atoms with Crippen LogP contribution in [0.4, 0.5) is 0 Å². The molecule has 3 rings (SSSR count). The van der Waals surface area contributed by atoms with E-state index in [9.17, 15) is 0 Å². The first-order valence-electron chi connectivity index (χ1n) is 7.33. The number of fused-ring (bicyclic) bond motifs is 3. The van der Waals surface area contributed by atoms with Gasteiger partial charge >= 0.3 is 0 Å². The van der Waals surface area contributed by atoms with Crippen molar-refractivity contribution in [2.75, 3.05) is 0 Å². The van der Waals surface area contributed by atoms with Crippen LogP contribution in [-0.2, 0) is 5.41 Å². The molecule has 1 aromatic heterocycles. The predicted octanol–water partition coefficient (Wildman–Crippen LogP) is 6.48. The van der Waals surface area contributed by atoms with Crippen molar-refractivity contribution >= 4 is 31.5 Å². The average molecular weight is 282 g/mol. The summed E-state index contributed by atoms with van der Waals surface area (Å²) in [7, 11) is 0.